The van der Waals surface area contributed by atoms with E-state index in [0.717, 1.165) is 42.0 Å². The molecule has 0 aromatic carbocycles. The van der Waals surface area contributed by atoms with Gasteiger partial charge in [-0.2, -0.15) is 9.47 Å². The van der Waals surface area contributed by atoms with Gasteiger partial charge in [-0.25, -0.2) is 9.97 Å². The fraction of sp³-hybridized carbons (Fsp3) is 0.560. The molecular formula is C25H32N6O5S2. The summed E-state index contributed by atoms with van der Waals surface area (Å²) in [5, 5.41) is 8.30. The SMILES string of the molecule is COC(=O)CCSc1cnc(Nc2nc([C@H]3COC4(CCCCC4)O3)ns2)c(Oc2c(C)nn(C)c2C)c1. The number of pyridine rings is 1. The minimum absolute atomic E-state index is 0.250. The number of thioether (sulfide) groups is 1. The van der Waals surface area contributed by atoms with Crippen molar-refractivity contribution in [3.8, 4) is 11.5 Å². The summed E-state index contributed by atoms with van der Waals surface area (Å²) in [5.41, 5.74) is 1.67. The zero-order valence-corrected chi connectivity index (χ0v) is 23.6. The number of aryl methyl sites for hydroxylation is 2. The van der Waals surface area contributed by atoms with Crippen molar-refractivity contribution >= 4 is 40.2 Å². The third-order valence-electron chi connectivity index (χ3n) is 6.71. The second-order valence-electron chi connectivity index (χ2n) is 9.39. The lowest BCUT2D eigenvalue weighted by Gasteiger charge is -2.31. The first-order chi connectivity index (χ1) is 18.4. The molecule has 1 spiro atoms. The molecule has 13 heteroatoms. The largest absolute Gasteiger partial charge is 0.469 e. The van der Waals surface area contributed by atoms with E-state index in [1.807, 2.05) is 27.0 Å². The maximum Gasteiger partial charge on any atom is 0.306 e. The van der Waals surface area contributed by atoms with Crippen LogP contribution in [0.5, 0.6) is 11.5 Å². The van der Waals surface area contributed by atoms with Crippen LogP contribution in [-0.2, 0) is 26.1 Å². The zero-order chi connectivity index (χ0) is 26.7. The molecule has 2 aliphatic rings. The molecule has 4 heterocycles. The van der Waals surface area contributed by atoms with Gasteiger partial charge in [0.2, 0.25) is 5.13 Å². The average Bonchev–Trinajstić information content (AvgIpc) is 3.61. The smallest absolute Gasteiger partial charge is 0.306 e. The number of nitrogens with zero attached hydrogens (tertiary/aromatic N) is 5. The highest BCUT2D eigenvalue weighted by atomic mass is 32.2. The van der Waals surface area contributed by atoms with Crippen molar-refractivity contribution in [2.24, 2.45) is 7.05 Å². The number of hydrogen-bond donors (Lipinski definition) is 1. The molecule has 0 amide bonds. The van der Waals surface area contributed by atoms with Crippen LogP contribution >= 0.6 is 23.3 Å². The first-order valence-electron chi connectivity index (χ1n) is 12.7. The maximum absolute atomic E-state index is 11.5. The van der Waals surface area contributed by atoms with Crippen LogP contribution in [-0.4, -0.2) is 55.3 Å². The highest BCUT2D eigenvalue weighted by Crippen LogP contribution is 2.43. The summed E-state index contributed by atoms with van der Waals surface area (Å²) in [4.78, 5) is 21.7. The molecule has 11 nitrogen and oxygen atoms in total. The molecule has 1 saturated heterocycles. The van der Waals surface area contributed by atoms with Gasteiger partial charge in [0.05, 0.1) is 25.8 Å². The summed E-state index contributed by atoms with van der Waals surface area (Å²) in [7, 11) is 3.26. The molecular weight excluding hydrogens is 528 g/mol. The molecule has 0 radical (unpaired) electrons. The molecule has 3 aromatic heterocycles. The van der Waals surface area contributed by atoms with Gasteiger partial charge < -0.3 is 24.3 Å². The van der Waals surface area contributed by atoms with Gasteiger partial charge in [-0.1, -0.05) is 6.42 Å². The van der Waals surface area contributed by atoms with E-state index in [0.29, 0.717) is 47.1 Å². The minimum Gasteiger partial charge on any atom is -0.469 e. The van der Waals surface area contributed by atoms with Crippen LogP contribution in [0.4, 0.5) is 10.9 Å². The van der Waals surface area contributed by atoms with Gasteiger partial charge in [0.15, 0.2) is 28.9 Å². The number of methoxy groups -OCH3 is 1. The Balaban J connectivity index is 1.34. The van der Waals surface area contributed by atoms with E-state index in [2.05, 4.69) is 24.8 Å². The van der Waals surface area contributed by atoms with Gasteiger partial charge in [-0.05, 0) is 32.8 Å². The van der Waals surface area contributed by atoms with Crippen molar-refractivity contribution in [3.05, 3.63) is 29.5 Å². The number of carbonyl (C=O) groups is 1. The van der Waals surface area contributed by atoms with E-state index in [1.165, 1.54) is 36.8 Å². The normalized spacial score (nSPS) is 18.6. The number of aromatic nitrogens is 5. The Morgan fingerprint density at radius 3 is 2.87 bits per heavy atom. The third kappa shape index (κ3) is 5.95. The van der Waals surface area contributed by atoms with E-state index >= 15 is 0 Å². The van der Waals surface area contributed by atoms with Gasteiger partial charge in [-0.15, -0.1) is 11.8 Å². The van der Waals surface area contributed by atoms with Gasteiger partial charge >= 0.3 is 5.97 Å². The zero-order valence-electron chi connectivity index (χ0n) is 22.0. The highest BCUT2D eigenvalue weighted by Gasteiger charge is 2.44. The third-order valence-corrected chi connectivity index (χ3v) is 8.32. The lowest BCUT2D eigenvalue weighted by Crippen LogP contribution is -2.32. The van der Waals surface area contributed by atoms with Crippen molar-refractivity contribution in [1.82, 2.24) is 24.1 Å². The summed E-state index contributed by atoms with van der Waals surface area (Å²) < 4.78 is 29.7. The molecule has 1 saturated carbocycles. The van der Waals surface area contributed by atoms with Crippen LogP contribution in [0.2, 0.25) is 0 Å². The quantitative estimate of drug-likeness (QED) is 0.274. The second kappa shape index (κ2) is 11.6. The van der Waals surface area contributed by atoms with E-state index in [4.69, 9.17) is 18.9 Å². The van der Waals surface area contributed by atoms with E-state index < -0.39 is 5.79 Å². The van der Waals surface area contributed by atoms with Crippen molar-refractivity contribution in [3.63, 3.8) is 0 Å². The van der Waals surface area contributed by atoms with E-state index in [-0.39, 0.29) is 12.1 Å². The number of nitrogens with one attached hydrogen (secondary N) is 1. The first-order valence-corrected chi connectivity index (χ1v) is 14.4. The Bertz CT molecular complexity index is 1290. The fourth-order valence-electron chi connectivity index (χ4n) is 4.60. The van der Waals surface area contributed by atoms with Crippen LogP contribution < -0.4 is 10.1 Å². The number of anilines is 2. The molecule has 1 N–H and O–H groups in total. The molecule has 5 rings (SSSR count). The molecule has 1 atom stereocenters. The Morgan fingerprint density at radius 2 is 2.13 bits per heavy atom. The second-order valence-corrected chi connectivity index (χ2v) is 11.3. The van der Waals surface area contributed by atoms with Crippen LogP contribution in [0, 0.1) is 13.8 Å². The van der Waals surface area contributed by atoms with Gasteiger partial charge in [-0.3, -0.25) is 9.48 Å². The fourth-order valence-corrected chi connectivity index (χ4v) is 6.03. The van der Waals surface area contributed by atoms with Crippen molar-refractivity contribution in [1.29, 1.82) is 0 Å². The number of hydrogen-bond acceptors (Lipinski definition) is 12. The van der Waals surface area contributed by atoms with Gasteiger partial charge in [0.25, 0.3) is 0 Å². The average molecular weight is 561 g/mol. The molecule has 204 valence electrons. The molecule has 38 heavy (non-hydrogen) atoms. The number of carbonyl (C=O) groups excluding carboxylic acids is 1. The topological polar surface area (TPSA) is 123 Å². The minimum atomic E-state index is -0.481. The summed E-state index contributed by atoms with van der Waals surface area (Å²) >= 11 is 2.74. The molecule has 1 aliphatic heterocycles. The number of rotatable bonds is 9. The maximum atomic E-state index is 11.5. The van der Waals surface area contributed by atoms with Crippen LogP contribution in [0.3, 0.4) is 0 Å². The van der Waals surface area contributed by atoms with Gasteiger partial charge in [0.1, 0.15) is 11.8 Å². The standard InChI is InChI=1S/C25H32N6O5S2/c1-15-21(16(2)31(3)29-15)35-18-12-17(37-11-8-20(32)33-4)13-26-22(18)27-24-28-23(30-38-24)19-14-34-25(36-19)9-6-5-7-10-25/h12-13,19H,5-11,14H2,1-4H3,(H,26,27,28,30)/t19-/m1/s1. The molecule has 2 fully saturated rings. The number of ether oxygens (including phenoxy) is 4. The van der Waals surface area contributed by atoms with Gasteiger partial charge in [0, 0.05) is 48.3 Å². The Hall–Kier alpha value is -2.74. The summed E-state index contributed by atoms with van der Waals surface area (Å²) in [5.74, 6) is 2.13. The number of esters is 1. The lowest BCUT2D eigenvalue weighted by atomic mass is 9.94. The summed E-state index contributed by atoms with van der Waals surface area (Å²) in [6.07, 6.45) is 7.05. The Morgan fingerprint density at radius 1 is 1.32 bits per heavy atom. The van der Waals surface area contributed by atoms with Crippen LogP contribution in [0.15, 0.2) is 17.2 Å². The molecule has 3 aromatic rings. The Kier molecular flexibility index (Phi) is 8.17. The van der Waals surface area contributed by atoms with E-state index in [1.54, 1.807) is 10.9 Å². The molecule has 0 bridgehead atoms. The molecule has 0 unspecified atom stereocenters. The van der Waals surface area contributed by atoms with Crippen LogP contribution in [0.1, 0.15) is 61.8 Å². The van der Waals surface area contributed by atoms with Crippen molar-refractivity contribution in [2.75, 3.05) is 24.8 Å². The first kappa shape index (κ1) is 26.9. The summed E-state index contributed by atoms with van der Waals surface area (Å²) in [6.45, 7) is 4.31. The lowest BCUT2D eigenvalue weighted by molar-refractivity contribution is -0.188. The summed E-state index contributed by atoms with van der Waals surface area (Å²) in [6, 6.07) is 1.89. The van der Waals surface area contributed by atoms with Crippen LogP contribution in [0.25, 0.3) is 0 Å². The van der Waals surface area contributed by atoms with E-state index in [9.17, 15) is 4.79 Å². The molecule has 1 aliphatic carbocycles. The van der Waals surface area contributed by atoms with Crippen molar-refractivity contribution in [2.45, 2.75) is 69.2 Å². The predicted octanol–water partition coefficient (Wildman–Crippen LogP) is 5.22. The van der Waals surface area contributed by atoms with Crippen molar-refractivity contribution < 1.29 is 23.7 Å². The monoisotopic (exact) mass is 560 g/mol. The Labute approximate surface area is 229 Å². The predicted molar refractivity (Wildman–Crippen MR) is 143 cm³/mol. The highest BCUT2D eigenvalue weighted by molar-refractivity contribution is 7.99.